The summed E-state index contributed by atoms with van der Waals surface area (Å²) in [7, 11) is 1.55. The lowest BCUT2D eigenvalue weighted by Crippen LogP contribution is -2.11. The molecule has 0 radical (unpaired) electrons. The fourth-order valence-electron chi connectivity index (χ4n) is 2.10. The molecular formula is C12H16ClNO2. The van der Waals surface area contributed by atoms with Gasteiger partial charge < -0.3 is 15.2 Å². The number of aromatic hydroxyl groups is 1. The van der Waals surface area contributed by atoms with Crippen molar-refractivity contribution in [2.45, 2.75) is 12.8 Å². The SMILES string of the molecule is COc1cc(CC2CCNC2)c(Cl)cc1O. The van der Waals surface area contributed by atoms with Gasteiger partial charge in [0.1, 0.15) is 0 Å². The number of hydrogen-bond donors (Lipinski definition) is 2. The van der Waals surface area contributed by atoms with Crippen LogP contribution in [0, 0.1) is 5.92 Å². The lowest BCUT2D eigenvalue weighted by atomic mass is 9.98. The van der Waals surface area contributed by atoms with Crippen molar-refractivity contribution in [1.82, 2.24) is 5.32 Å². The van der Waals surface area contributed by atoms with Gasteiger partial charge in [0.25, 0.3) is 0 Å². The van der Waals surface area contributed by atoms with Gasteiger partial charge in [0.2, 0.25) is 0 Å². The second-order valence-corrected chi connectivity index (χ2v) is 4.59. The quantitative estimate of drug-likeness (QED) is 0.853. The molecular weight excluding hydrogens is 226 g/mol. The lowest BCUT2D eigenvalue weighted by Gasteiger charge is -2.12. The minimum absolute atomic E-state index is 0.0980. The molecule has 1 aliphatic rings. The summed E-state index contributed by atoms with van der Waals surface area (Å²) < 4.78 is 5.08. The number of nitrogens with one attached hydrogen (secondary N) is 1. The van der Waals surface area contributed by atoms with E-state index in [0.29, 0.717) is 16.7 Å². The van der Waals surface area contributed by atoms with E-state index in [1.807, 2.05) is 6.07 Å². The number of phenols is 1. The van der Waals surface area contributed by atoms with Crippen LogP contribution in [0.3, 0.4) is 0 Å². The van der Waals surface area contributed by atoms with Crippen molar-refractivity contribution >= 4 is 11.6 Å². The molecule has 1 aromatic carbocycles. The summed E-state index contributed by atoms with van der Waals surface area (Å²) in [5.74, 6) is 1.22. The third kappa shape index (κ3) is 2.42. The van der Waals surface area contributed by atoms with Crippen molar-refractivity contribution in [2.75, 3.05) is 20.2 Å². The number of ether oxygens (including phenoxy) is 1. The van der Waals surface area contributed by atoms with Crippen molar-refractivity contribution in [1.29, 1.82) is 0 Å². The molecule has 1 saturated heterocycles. The van der Waals surface area contributed by atoms with E-state index in [2.05, 4.69) is 5.32 Å². The first-order valence-corrected chi connectivity index (χ1v) is 5.84. The van der Waals surface area contributed by atoms with Crippen LogP contribution in [0.25, 0.3) is 0 Å². The van der Waals surface area contributed by atoms with Crippen LogP contribution in [-0.2, 0) is 6.42 Å². The van der Waals surface area contributed by atoms with Crippen molar-refractivity contribution in [3.8, 4) is 11.5 Å². The third-order valence-corrected chi connectivity index (χ3v) is 3.37. The smallest absolute Gasteiger partial charge is 0.160 e. The molecule has 0 bridgehead atoms. The Labute approximate surface area is 100 Å². The van der Waals surface area contributed by atoms with Crippen molar-refractivity contribution in [3.63, 3.8) is 0 Å². The first kappa shape index (κ1) is 11.6. The zero-order valence-corrected chi connectivity index (χ0v) is 10.0. The van der Waals surface area contributed by atoms with Gasteiger partial charge in [-0.25, -0.2) is 0 Å². The molecule has 1 aromatic rings. The van der Waals surface area contributed by atoms with E-state index in [9.17, 15) is 5.11 Å². The number of hydrogen-bond acceptors (Lipinski definition) is 3. The summed E-state index contributed by atoms with van der Waals surface area (Å²) in [5, 5.41) is 13.5. The van der Waals surface area contributed by atoms with E-state index < -0.39 is 0 Å². The molecule has 3 nitrogen and oxygen atoms in total. The van der Waals surface area contributed by atoms with Gasteiger partial charge in [0.15, 0.2) is 11.5 Å². The third-order valence-electron chi connectivity index (χ3n) is 3.02. The van der Waals surface area contributed by atoms with Crippen LogP contribution in [0.1, 0.15) is 12.0 Å². The van der Waals surface area contributed by atoms with Gasteiger partial charge in [0, 0.05) is 11.1 Å². The molecule has 0 aliphatic carbocycles. The molecule has 88 valence electrons. The molecule has 2 N–H and O–H groups in total. The van der Waals surface area contributed by atoms with Gasteiger partial charge in [-0.1, -0.05) is 11.6 Å². The number of phenolic OH excluding ortho intramolecular Hbond substituents is 1. The maximum Gasteiger partial charge on any atom is 0.160 e. The first-order valence-electron chi connectivity index (χ1n) is 5.47. The highest BCUT2D eigenvalue weighted by Crippen LogP contribution is 2.33. The molecule has 16 heavy (non-hydrogen) atoms. The predicted octanol–water partition coefficient (Wildman–Crippen LogP) is 2.21. The summed E-state index contributed by atoms with van der Waals surface area (Å²) in [4.78, 5) is 0. The van der Waals surface area contributed by atoms with Gasteiger partial charge in [0.05, 0.1) is 7.11 Å². The Morgan fingerprint density at radius 1 is 1.56 bits per heavy atom. The highest BCUT2D eigenvalue weighted by atomic mass is 35.5. The molecule has 0 aromatic heterocycles. The van der Waals surface area contributed by atoms with Crippen LogP contribution in [0.4, 0.5) is 0 Å². The molecule has 4 heteroatoms. The predicted molar refractivity (Wildman–Crippen MR) is 64.3 cm³/mol. The number of halogens is 1. The zero-order valence-electron chi connectivity index (χ0n) is 9.29. The Balaban J connectivity index is 2.18. The van der Waals surface area contributed by atoms with Gasteiger partial charge in [-0.3, -0.25) is 0 Å². The summed E-state index contributed by atoms with van der Waals surface area (Å²) in [6.07, 6.45) is 2.11. The van der Waals surface area contributed by atoms with E-state index in [1.165, 1.54) is 6.42 Å². The molecule has 1 fully saturated rings. The van der Waals surface area contributed by atoms with Crippen LogP contribution in [0.15, 0.2) is 12.1 Å². The van der Waals surface area contributed by atoms with E-state index in [0.717, 1.165) is 25.1 Å². The maximum absolute atomic E-state index is 9.55. The Kier molecular flexibility index (Phi) is 3.56. The molecule has 1 unspecified atom stereocenters. The monoisotopic (exact) mass is 241 g/mol. The largest absolute Gasteiger partial charge is 0.504 e. The van der Waals surface area contributed by atoms with Gasteiger partial charge in [-0.05, 0) is 43.5 Å². The van der Waals surface area contributed by atoms with Crippen molar-refractivity contribution < 1.29 is 9.84 Å². The van der Waals surface area contributed by atoms with Crippen LogP contribution >= 0.6 is 11.6 Å². The van der Waals surface area contributed by atoms with Crippen LogP contribution in [0.2, 0.25) is 5.02 Å². The number of benzene rings is 1. The lowest BCUT2D eigenvalue weighted by molar-refractivity contribution is 0.372. The Morgan fingerprint density at radius 2 is 2.38 bits per heavy atom. The van der Waals surface area contributed by atoms with Crippen LogP contribution in [-0.4, -0.2) is 25.3 Å². The van der Waals surface area contributed by atoms with Crippen LogP contribution in [0.5, 0.6) is 11.5 Å². The van der Waals surface area contributed by atoms with Gasteiger partial charge >= 0.3 is 0 Å². The highest BCUT2D eigenvalue weighted by molar-refractivity contribution is 6.31. The Hall–Kier alpha value is -0.930. The minimum atomic E-state index is 0.0980. The summed E-state index contributed by atoms with van der Waals surface area (Å²) in [6, 6.07) is 3.38. The average Bonchev–Trinajstić information content (AvgIpc) is 2.75. The normalized spacial score (nSPS) is 20.0. The summed E-state index contributed by atoms with van der Waals surface area (Å²) in [5.41, 5.74) is 1.05. The first-order chi connectivity index (χ1) is 7.70. The number of methoxy groups -OCH3 is 1. The minimum Gasteiger partial charge on any atom is -0.504 e. The molecule has 0 spiro atoms. The molecule has 0 saturated carbocycles. The molecule has 1 atom stereocenters. The molecule has 0 amide bonds. The zero-order chi connectivity index (χ0) is 11.5. The van der Waals surface area contributed by atoms with E-state index in [4.69, 9.17) is 16.3 Å². The van der Waals surface area contributed by atoms with Crippen LogP contribution < -0.4 is 10.1 Å². The topological polar surface area (TPSA) is 41.5 Å². The van der Waals surface area contributed by atoms with Gasteiger partial charge in [-0.2, -0.15) is 0 Å². The standard InChI is InChI=1S/C12H16ClNO2/c1-16-12-5-9(10(13)6-11(12)15)4-8-2-3-14-7-8/h5-6,8,14-15H,2-4,7H2,1H3. The second kappa shape index (κ2) is 4.93. The highest BCUT2D eigenvalue weighted by Gasteiger charge is 2.17. The summed E-state index contributed by atoms with van der Waals surface area (Å²) >= 11 is 6.10. The average molecular weight is 242 g/mol. The number of rotatable bonds is 3. The Bertz CT molecular complexity index is 376. The van der Waals surface area contributed by atoms with E-state index in [1.54, 1.807) is 13.2 Å². The molecule has 1 aliphatic heterocycles. The van der Waals surface area contributed by atoms with Crippen molar-refractivity contribution in [3.05, 3.63) is 22.7 Å². The summed E-state index contributed by atoms with van der Waals surface area (Å²) in [6.45, 7) is 2.12. The van der Waals surface area contributed by atoms with E-state index >= 15 is 0 Å². The second-order valence-electron chi connectivity index (χ2n) is 4.18. The molecule has 2 rings (SSSR count). The Morgan fingerprint density at radius 3 is 3.00 bits per heavy atom. The fraction of sp³-hybridized carbons (Fsp3) is 0.500. The van der Waals surface area contributed by atoms with E-state index in [-0.39, 0.29) is 5.75 Å². The maximum atomic E-state index is 9.55. The van der Waals surface area contributed by atoms with Crippen molar-refractivity contribution in [2.24, 2.45) is 5.92 Å². The van der Waals surface area contributed by atoms with Gasteiger partial charge in [-0.15, -0.1) is 0 Å². The molecule has 1 heterocycles. The fourth-order valence-corrected chi connectivity index (χ4v) is 2.34.